The first-order chi connectivity index (χ1) is 5.61. The highest BCUT2D eigenvalue weighted by atomic mass is 32.1. The van der Waals surface area contributed by atoms with Gasteiger partial charge in [-0.25, -0.2) is 4.79 Å². The van der Waals surface area contributed by atoms with Crippen molar-refractivity contribution in [2.45, 2.75) is 6.54 Å². The van der Waals surface area contributed by atoms with E-state index in [0.717, 1.165) is 11.5 Å². The van der Waals surface area contributed by atoms with Gasteiger partial charge in [0, 0.05) is 6.54 Å². The Morgan fingerprint density at radius 2 is 2.33 bits per heavy atom. The molecule has 1 heterocycles. The van der Waals surface area contributed by atoms with Crippen molar-refractivity contribution in [1.29, 1.82) is 0 Å². The van der Waals surface area contributed by atoms with Gasteiger partial charge in [-0.05, 0) is 25.6 Å². The van der Waals surface area contributed by atoms with Crippen molar-refractivity contribution in [3.8, 4) is 0 Å². The molecule has 0 aromatic carbocycles. The third-order valence-corrected chi connectivity index (χ3v) is 1.97. The molecule has 1 rings (SSSR count). The molecule has 0 atom stereocenters. The second kappa shape index (κ2) is 3.59. The van der Waals surface area contributed by atoms with Gasteiger partial charge in [-0.2, -0.15) is 0 Å². The van der Waals surface area contributed by atoms with Gasteiger partial charge in [-0.1, -0.05) is 4.49 Å². The molecular formula is C6H9N3O2S. The lowest BCUT2D eigenvalue weighted by Gasteiger charge is -2.05. The summed E-state index contributed by atoms with van der Waals surface area (Å²) in [7, 11) is 3.70. The van der Waals surface area contributed by atoms with Crippen LogP contribution in [0.3, 0.4) is 0 Å². The summed E-state index contributed by atoms with van der Waals surface area (Å²) in [6.45, 7) is 0.512. The summed E-state index contributed by atoms with van der Waals surface area (Å²) in [6.07, 6.45) is 0. The number of aromatic nitrogens is 2. The molecule has 0 radical (unpaired) electrons. The van der Waals surface area contributed by atoms with Crippen LogP contribution in [-0.2, 0) is 6.54 Å². The van der Waals surface area contributed by atoms with Gasteiger partial charge in [0.2, 0.25) is 0 Å². The van der Waals surface area contributed by atoms with Crippen LogP contribution < -0.4 is 0 Å². The highest BCUT2D eigenvalue weighted by Crippen LogP contribution is 2.11. The van der Waals surface area contributed by atoms with Crippen molar-refractivity contribution >= 4 is 17.5 Å². The number of aromatic carboxylic acids is 1. The number of carbonyl (C=O) groups is 1. The lowest BCUT2D eigenvalue weighted by atomic mass is 10.3. The molecule has 0 aliphatic carbocycles. The predicted octanol–water partition coefficient (Wildman–Crippen LogP) is 0.298. The zero-order valence-electron chi connectivity index (χ0n) is 6.81. The molecule has 0 fully saturated rings. The van der Waals surface area contributed by atoms with Crippen LogP contribution in [0, 0.1) is 0 Å². The van der Waals surface area contributed by atoms with Gasteiger partial charge >= 0.3 is 5.97 Å². The summed E-state index contributed by atoms with van der Waals surface area (Å²) in [5, 5.41) is 12.4. The summed E-state index contributed by atoms with van der Waals surface area (Å²) in [5.74, 6) is -0.957. The molecular weight excluding hydrogens is 178 g/mol. The molecule has 0 bridgehead atoms. The number of carboxylic acids is 1. The molecule has 0 spiro atoms. The van der Waals surface area contributed by atoms with E-state index in [1.807, 2.05) is 19.0 Å². The van der Waals surface area contributed by atoms with E-state index < -0.39 is 5.97 Å². The molecule has 1 aromatic heterocycles. The molecule has 0 unspecified atom stereocenters. The fourth-order valence-electron chi connectivity index (χ4n) is 0.774. The van der Waals surface area contributed by atoms with Crippen LogP contribution in [-0.4, -0.2) is 39.7 Å². The summed E-state index contributed by atoms with van der Waals surface area (Å²) in [6, 6.07) is 0. The standard InChI is InChI=1S/C6H9N3O2S/c1-9(2)3-4-5(6(10)11)12-8-7-4/h3H2,1-2H3,(H,10,11). The molecule has 6 heteroatoms. The monoisotopic (exact) mass is 187 g/mol. The van der Waals surface area contributed by atoms with Crippen LogP contribution in [0.25, 0.3) is 0 Å². The third-order valence-electron chi connectivity index (χ3n) is 1.22. The fraction of sp³-hybridized carbons (Fsp3) is 0.500. The summed E-state index contributed by atoms with van der Waals surface area (Å²) in [5.41, 5.74) is 0.525. The first-order valence-electron chi connectivity index (χ1n) is 3.30. The van der Waals surface area contributed by atoms with Crippen molar-refractivity contribution in [2.24, 2.45) is 0 Å². The Morgan fingerprint density at radius 3 is 2.83 bits per heavy atom. The minimum Gasteiger partial charge on any atom is -0.477 e. The van der Waals surface area contributed by atoms with E-state index in [1.54, 1.807) is 0 Å². The molecule has 12 heavy (non-hydrogen) atoms. The average Bonchev–Trinajstić information content (AvgIpc) is 2.33. The van der Waals surface area contributed by atoms with Gasteiger partial charge in [-0.3, -0.25) is 0 Å². The number of rotatable bonds is 3. The largest absolute Gasteiger partial charge is 0.477 e. The van der Waals surface area contributed by atoms with E-state index in [-0.39, 0.29) is 4.88 Å². The Labute approximate surface area is 73.8 Å². The second-order valence-corrected chi connectivity index (χ2v) is 3.35. The average molecular weight is 187 g/mol. The molecule has 66 valence electrons. The quantitative estimate of drug-likeness (QED) is 0.737. The maximum Gasteiger partial charge on any atom is 0.349 e. The second-order valence-electron chi connectivity index (χ2n) is 2.59. The zero-order chi connectivity index (χ0) is 9.14. The fourth-order valence-corrected chi connectivity index (χ4v) is 1.28. The zero-order valence-corrected chi connectivity index (χ0v) is 7.63. The van der Waals surface area contributed by atoms with Crippen LogP contribution in [0.5, 0.6) is 0 Å². The summed E-state index contributed by atoms with van der Waals surface area (Å²) < 4.78 is 3.58. The maximum absolute atomic E-state index is 10.6. The first-order valence-corrected chi connectivity index (χ1v) is 4.08. The van der Waals surface area contributed by atoms with Gasteiger partial charge in [0.1, 0.15) is 5.69 Å². The SMILES string of the molecule is CN(C)Cc1nnsc1C(=O)O. The Bertz CT molecular complexity index is 284. The van der Waals surface area contributed by atoms with Crippen LogP contribution in [0.15, 0.2) is 0 Å². The summed E-state index contributed by atoms with van der Waals surface area (Å²) in [4.78, 5) is 12.7. The number of hydrogen-bond acceptors (Lipinski definition) is 5. The Kier molecular flexibility index (Phi) is 2.72. The minimum atomic E-state index is -0.957. The Hall–Kier alpha value is -1.01. The van der Waals surface area contributed by atoms with E-state index in [1.165, 1.54) is 0 Å². The number of hydrogen-bond donors (Lipinski definition) is 1. The van der Waals surface area contributed by atoms with Crippen LogP contribution in [0.4, 0.5) is 0 Å². The molecule has 0 saturated heterocycles. The number of nitrogens with zero attached hydrogens (tertiary/aromatic N) is 3. The van der Waals surface area contributed by atoms with Gasteiger partial charge in [0.15, 0.2) is 4.88 Å². The molecule has 0 aliphatic rings. The molecule has 1 aromatic rings. The van der Waals surface area contributed by atoms with Crippen LogP contribution >= 0.6 is 11.5 Å². The van der Waals surface area contributed by atoms with Crippen molar-refractivity contribution in [1.82, 2.24) is 14.5 Å². The first kappa shape index (κ1) is 9.08. The van der Waals surface area contributed by atoms with Crippen LogP contribution in [0.2, 0.25) is 0 Å². The molecule has 1 N–H and O–H groups in total. The Morgan fingerprint density at radius 1 is 1.67 bits per heavy atom. The highest BCUT2D eigenvalue weighted by molar-refractivity contribution is 7.07. The highest BCUT2D eigenvalue weighted by Gasteiger charge is 2.14. The topological polar surface area (TPSA) is 66.3 Å². The van der Waals surface area contributed by atoms with Crippen molar-refractivity contribution in [2.75, 3.05) is 14.1 Å². The molecule has 0 saturated carbocycles. The van der Waals surface area contributed by atoms with Gasteiger partial charge in [-0.15, -0.1) is 5.10 Å². The maximum atomic E-state index is 10.6. The van der Waals surface area contributed by atoms with Crippen molar-refractivity contribution < 1.29 is 9.90 Å². The molecule has 0 amide bonds. The van der Waals surface area contributed by atoms with E-state index in [2.05, 4.69) is 9.59 Å². The van der Waals surface area contributed by atoms with Gasteiger partial charge in [0.05, 0.1) is 0 Å². The lowest BCUT2D eigenvalue weighted by molar-refractivity contribution is 0.0700. The third kappa shape index (κ3) is 1.99. The van der Waals surface area contributed by atoms with E-state index >= 15 is 0 Å². The predicted molar refractivity (Wildman–Crippen MR) is 44.3 cm³/mol. The van der Waals surface area contributed by atoms with E-state index in [0.29, 0.717) is 12.2 Å². The van der Waals surface area contributed by atoms with E-state index in [4.69, 9.17) is 5.11 Å². The van der Waals surface area contributed by atoms with Crippen molar-refractivity contribution in [3.05, 3.63) is 10.6 Å². The number of carboxylic acid groups (broad SMARTS) is 1. The lowest BCUT2D eigenvalue weighted by Crippen LogP contribution is -2.13. The van der Waals surface area contributed by atoms with Crippen molar-refractivity contribution in [3.63, 3.8) is 0 Å². The minimum absolute atomic E-state index is 0.226. The van der Waals surface area contributed by atoms with E-state index in [9.17, 15) is 4.79 Å². The summed E-state index contributed by atoms with van der Waals surface area (Å²) >= 11 is 0.912. The molecule has 5 nitrogen and oxygen atoms in total. The van der Waals surface area contributed by atoms with Gasteiger partial charge < -0.3 is 10.0 Å². The van der Waals surface area contributed by atoms with Gasteiger partial charge in [0.25, 0.3) is 0 Å². The Balaban J connectivity index is 2.84. The molecule has 0 aliphatic heterocycles. The normalized spacial score (nSPS) is 10.6. The van der Waals surface area contributed by atoms with Crippen LogP contribution in [0.1, 0.15) is 15.4 Å². The smallest absolute Gasteiger partial charge is 0.349 e.